The molecule has 166 valence electrons. The lowest BCUT2D eigenvalue weighted by molar-refractivity contribution is 0.102. The van der Waals surface area contributed by atoms with Gasteiger partial charge in [0.1, 0.15) is 23.9 Å². The highest BCUT2D eigenvalue weighted by Crippen LogP contribution is 2.30. The number of methoxy groups -OCH3 is 1. The second-order valence-electron chi connectivity index (χ2n) is 7.45. The Kier molecular flexibility index (Phi) is 6.90. The van der Waals surface area contributed by atoms with Crippen LogP contribution < -0.4 is 19.5 Å². The van der Waals surface area contributed by atoms with E-state index >= 15 is 0 Å². The van der Waals surface area contributed by atoms with Crippen LogP contribution in [0.5, 0.6) is 23.0 Å². The van der Waals surface area contributed by atoms with Crippen molar-refractivity contribution in [3.63, 3.8) is 0 Å². The zero-order chi connectivity index (χ0) is 23.0. The Morgan fingerprint density at radius 3 is 2.24 bits per heavy atom. The summed E-state index contributed by atoms with van der Waals surface area (Å²) < 4.78 is 17.4. The molecule has 0 bridgehead atoms. The Morgan fingerprint density at radius 2 is 1.48 bits per heavy atom. The molecule has 0 aliphatic carbocycles. The van der Waals surface area contributed by atoms with Crippen LogP contribution in [0.2, 0.25) is 0 Å². The van der Waals surface area contributed by atoms with E-state index in [1.165, 1.54) is 0 Å². The number of anilines is 1. The van der Waals surface area contributed by atoms with Crippen LogP contribution in [0, 0.1) is 6.92 Å². The molecule has 0 aliphatic rings. The zero-order valence-corrected chi connectivity index (χ0v) is 18.6. The number of benzene rings is 4. The molecule has 5 nitrogen and oxygen atoms in total. The number of aryl methyl sites for hydroxylation is 1. The first kappa shape index (κ1) is 22.0. The van der Waals surface area contributed by atoms with Gasteiger partial charge in [-0.15, -0.1) is 0 Å². The summed E-state index contributed by atoms with van der Waals surface area (Å²) in [5, 5.41) is 2.95. The highest BCUT2D eigenvalue weighted by Gasteiger charge is 2.14. The minimum atomic E-state index is -0.251. The molecule has 0 spiro atoms. The summed E-state index contributed by atoms with van der Waals surface area (Å²) in [5.41, 5.74) is 2.90. The normalized spacial score (nSPS) is 10.4. The fraction of sp³-hybridized carbons (Fsp3) is 0.107. The van der Waals surface area contributed by atoms with Crippen LogP contribution >= 0.6 is 0 Å². The molecule has 0 heterocycles. The van der Waals surface area contributed by atoms with Crippen molar-refractivity contribution in [2.24, 2.45) is 0 Å². The third-order valence-corrected chi connectivity index (χ3v) is 5.13. The van der Waals surface area contributed by atoms with Crippen molar-refractivity contribution in [3.8, 4) is 23.0 Å². The molecule has 0 unspecified atom stereocenters. The molecule has 1 N–H and O–H groups in total. The van der Waals surface area contributed by atoms with Gasteiger partial charge in [0.25, 0.3) is 5.91 Å². The summed E-state index contributed by atoms with van der Waals surface area (Å²) in [6.07, 6.45) is 0. The monoisotopic (exact) mass is 439 g/mol. The van der Waals surface area contributed by atoms with Crippen LogP contribution in [0.3, 0.4) is 0 Å². The number of rotatable bonds is 8. The van der Waals surface area contributed by atoms with Crippen LogP contribution in [0.4, 0.5) is 5.69 Å². The summed E-state index contributed by atoms with van der Waals surface area (Å²) in [4.78, 5) is 13.1. The van der Waals surface area contributed by atoms with E-state index in [9.17, 15) is 4.79 Å². The number of amides is 1. The van der Waals surface area contributed by atoms with Crippen LogP contribution in [0.15, 0.2) is 97.1 Å². The summed E-state index contributed by atoms with van der Waals surface area (Å²) >= 11 is 0. The van der Waals surface area contributed by atoms with Gasteiger partial charge >= 0.3 is 0 Å². The quantitative estimate of drug-likeness (QED) is 0.335. The SMILES string of the molecule is COc1ccc(C(=O)Nc2ccccc2Oc2ccccc2)cc1COc1ccccc1C. The summed E-state index contributed by atoms with van der Waals surface area (Å²) in [6, 6.07) is 29.9. The number of hydrogen-bond acceptors (Lipinski definition) is 4. The lowest BCUT2D eigenvalue weighted by Crippen LogP contribution is -2.13. The molecule has 1 amide bonds. The maximum Gasteiger partial charge on any atom is 0.255 e. The lowest BCUT2D eigenvalue weighted by atomic mass is 10.1. The standard InChI is InChI=1S/C28H25NO4/c1-20-10-6-8-14-25(20)32-19-22-18-21(16-17-26(22)31-2)28(30)29-24-13-7-9-15-27(24)33-23-11-4-3-5-12-23/h3-18H,19H2,1-2H3,(H,29,30). The van der Waals surface area contributed by atoms with Crippen LogP contribution in [-0.4, -0.2) is 13.0 Å². The molecule has 5 heteroatoms. The second kappa shape index (κ2) is 10.4. The number of hydrogen-bond donors (Lipinski definition) is 1. The highest BCUT2D eigenvalue weighted by atomic mass is 16.5. The lowest BCUT2D eigenvalue weighted by Gasteiger charge is -2.15. The topological polar surface area (TPSA) is 56.8 Å². The van der Waals surface area contributed by atoms with E-state index in [2.05, 4.69) is 5.32 Å². The smallest absolute Gasteiger partial charge is 0.255 e. The minimum absolute atomic E-state index is 0.251. The predicted octanol–water partition coefficient (Wildman–Crippen LogP) is 6.63. The van der Waals surface area contributed by atoms with E-state index in [0.29, 0.717) is 28.5 Å². The second-order valence-corrected chi connectivity index (χ2v) is 7.45. The van der Waals surface area contributed by atoms with Crippen LogP contribution in [-0.2, 0) is 6.61 Å². The van der Waals surface area contributed by atoms with Crippen LogP contribution in [0.25, 0.3) is 0 Å². The first-order chi connectivity index (χ1) is 16.1. The summed E-state index contributed by atoms with van der Waals surface area (Å²) in [5.74, 6) is 2.46. The van der Waals surface area contributed by atoms with Crippen molar-refractivity contribution in [3.05, 3.63) is 114 Å². The van der Waals surface area contributed by atoms with Crippen molar-refractivity contribution in [1.29, 1.82) is 0 Å². The molecule has 0 fully saturated rings. The van der Waals surface area contributed by atoms with Crippen LogP contribution in [0.1, 0.15) is 21.5 Å². The van der Waals surface area contributed by atoms with E-state index in [-0.39, 0.29) is 12.5 Å². The first-order valence-electron chi connectivity index (χ1n) is 10.6. The molecular formula is C28H25NO4. The first-order valence-corrected chi connectivity index (χ1v) is 10.6. The highest BCUT2D eigenvalue weighted by molar-refractivity contribution is 6.05. The van der Waals surface area contributed by atoms with E-state index in [0.717, 1.165) is 16.9 Å². The molecule has 0 radical (unpaired) electrons. The molecule has 33 heavy (non-hydrogen) atoms. The molecular weight excluding hydrogens is 414 g/mol. The van der Waals surface area contributed by atoms with Crippen molar-refractivity contribution < 1.29 is 19.0 Å². The van der Waals surface area contributed by atoms with Gasteiger partial charge in [-0.2, -0.15) is 0 Å². The van der Waals surface area contributed by atoms with Crippen molar-refractivity contribution in [1.82, 2.24) is 0 Å². The van der Waals surface area contributed by atoms with Crippen molar-refractivity contribution >= 4 is 11.6 Å². The third kappa shape index (κ3) is 5.52. The van der Waals surface area contributed by atoms with Gasteiger partial charge in [0.15, 0.2) is 5.75 Å². The van der Waals surface area contributed by atoms with E-state index in [1.54, 1.807) is 25.3 Å². The number of carbonyl (C=O) groups excluding carboxylic acids is 1. The van der Waals surface area contributed by atoms with Gasteiger partial charge in [0.05, 0.1) is 12.8 Å². The number of para-hydroxylation sites is 4. The third-order valence-electron chi connectivity index (χ3n) is 5.13. The zero-order valence-electron chi connectivity index (χ0n) is 18.6. The Morgan fingerprint density at radius 1 is 0.788 bits per heavy atom. The molecule has 0 aromatic heterocycles. The van der Waals surface area contributed by atoms with Crippen molar-refractivity contribution in [2.45, 2.75) is 13.5 Å². The molecule has 0 atom stereocenters. The largest absolute Gasteiger partial charge is 0.496 e. The van der Waals surface area contributed by atoms with Gasteiger partial charge in [0.2, 0.25) is 0 Å². The minimum Gasteiger partial charge on any atom is -0.496 e. The average Bonchev–Trinajstić information content (AvgIpc) is 2.85. The van der Waals surface area contributed by atoms with E-state index in [4.69, 9.17) is 14.2 Å². The number of ether oxygens (including phenoxy) is 3. The molecule has 0 saturated heterocycles. The van der Waals surface area contributed by atoms with Gasteiger partial charge in [-0.1, -0.05) is 48.5 Å². The fourth-order valence-corrected chi connectivity index (χ4v) is 3.38. The van der Waals surface area contributed by atoms with E-state index < -0.39 is 0 Å². The maximum atomic E-state index is 13.1. The number of carbonyl (C=O) groups is 1. The maximum absolute atomic E-state index is 13.1. The Hall–Kier alpha value is -4.25. The Bertz CT molecular complexity index is 1240. The predicted molar refractivity (Wildman–Crippen MR) is 129 cm³/mol. The fourth-order valence-electron chi connectivity index (χ4n) is 3.38. The Balaban J connectivity index is 1.52. The van der Waals surface area contributed by atoms with Gasteiger partial charge in [-0.3, -0.25) is 4.79 Å². The van der Waals surface area contributed by atoms with Gasteiger partial charge in [0, 0.05) is 11.1 Å². The van der Waals surface area contributed by atoms with Gasteiger partial charge in [-0.25, -0.2) is 0 Å². The Labute approximate surface area is 193 Å². The molecule has 0 saturated carbocycles. The average molecular weight is 440 g/mol. The van der Waals surface area contributed by atoms with Gasteiger partial charge < -0.3 is 19.5 Å². The van der Waals surface area contributed by atoms with Crippen molar-refractivity contribution in [2.75, 3.05) is 12.4 Å². The molecule has 4 aromatic carbocycles. The van der Waals surface area contributed by atoms with E-state index in [1.807, 2.05) is 85.8 Å². The molecule has 4 rings (SSSR count). The number of nitrogens with one attached hydrogen (secondary N) is 1. The molecule has 0 aliphatic heterocycles. The van der Waals surface area contributed by atoms with Gasteiger partial charge in [-0.05, 0) is 61.0 Å². The summed E-state index contributed by atoms with van der Waals surface area (Å²) in [6.45, 7) is 2.27. The summed E-state index contributed by atoms with van der Waals surface area (Å²) in [7, 11) is 1.60. The molecule has 4 aromatic rings.